The van der Waals surface area contributed by atoms with E-state index in [-0.39, 0.29) is 13.2 Å². The molecule has 0 spiro atoms. The lowest BCUT2D eigenvalue weighted by Crippen LogP contribution is -2.23. The monoisotopic (exact) mass is 212 g/mol. The lowest BCUT2D eigenvalue weighted by molar-refractivity contribution is 0.105. The second-order valence-electron chi connectivity index (χ2n) is 3.04. The molecule has 1 unspecified atom stereocenters. The van der Waals surface area contributed by atoms with Crippen LogP contribution in [0.5, 0.6) is 0 Å². The molecular weight excluding hydrogens is 196 g/mol. The molecule has 4 N–H and O–H groups in total. The Labute approximate surface area is 88.4 Å². The molecule has 0 saturated carbocycles. The Morgan fingerprint density at radius 3 is 2.60 bits per heavy atom. The Morgan fingerprint density at radius 1 is 1.33 bits per heavy atom. The van der Waals surface area contributed by atoms with Crippen molar-refractivity contribution in [2.45, 2.75) is 13.0 Å². The number of anilines is 2. The largest absolute Gasteiger partial charge is 0.394 e. The van der Waals surface area contributed by atoms with Gasteiger partial charge in [0.2, 0.25) is 0 Å². The van der Waals surface area contributed by atoms with E-state index in [2.05, 4.69) is 20.6 Å². The Morgan fingerprint density at radius 2 is 2.00 bits per heavy atom. The summed E-state index contributed by atoms with van der Waals surface area (Å²) in [6.45, 7) is 2.76. The first-order chi connectivity index (χ1) is 7.26. The first kappa shape index (κ1) is 11.7. The summed E-state index contributed by atoms with van der Waals surface area (Å²) >= 11 is 0. The predicted molar refractivity (Wildman–Crippen MR) is 57.8 cm³/mol. The molecule has 0 aliphatic heterocycles. The quantitative estimate of drug-likeness (QED) is 0.516. The molecule has 0 bridgehead atoms. The number of aliphatic hydroxyl groups is 2. The summed E-state index contributed by atoms with van der Waals surface area (Å²) in [6, 6.07) is 1.74. The number of hydrogen-bond donors (Lipinski definition) is 4. The number of aliphatic hydroxyl groups excluding tert-OH is 2. The Kier molecular flexibility index (Phi) is 4.79. The first-order valence-corrected chi connectivity index (χ1v) is 4.85. The van der Waals surface area contributed by atoms with Gasteiger partial charge in [0.1, 0.15) is 18.0 Å². The molecule has 6 nitrogen and oxygen atoms in total. The lowest BCUT2D eigenvalue weighted by Gasteiger charge is -2.10. The SMILES string of the molecule is CCNc1cc(NCC(O)CO)ncn1. The summed E-state index contributed by atoms with van der Waals surface area (Å²) < 4.78 is 0. The molecule has 0 aromatic carbocycles. The molecule has 0 amide bonds. The highest BCUT2D eigenvalue weighted by atomic mass is 16.3. The van der Waals surface area contributed by atoms with Gasteiger partial charge in [-0.3, -0.25) is 0 Å². The maximum atomic E-state index is 9.12. The average molecular weight is 212 g/mol. The first-order valence-electron chi connectivity index (χ1n) is 4.85. The van der Waals surface area contributed by atoms with E-state index in [9.17, 15) is 0 Å². The summed E-state index contributed by atoms with van der Waals surface area (Å²) in [6.07, 6.45) is 0.661. The minimum Gasteiger partial charge on any atom is -0.394 e. The molecule has 1 rings (SSSR count). The van der Waals surface area contributed by atoms with Gasteiger partial charge in [-0.1, -0.05) is 0 Å². The number of hydrogen-bond acceptors (Lipinski definition) is 6. The molecule has 6 heteroatoms. The summed E-state index contributed by atoms with van der Waals surface area (Å²) in [7, 11) is 0. The Bertz CT molecular complexity index is 295. The normalized spacial score (nSPS) is 12.2. The lowest BCUT2D eigenvalue weighted by atomic mass is 10.4. The fraction of sp³-hybridized carbons (Fsp3) is 0.556. The third-order valence-electron chi connectivity index (χ3n) is 1.75. The smallest absolute Gasteiger partial charge is 0.131 e. The summed E-state index contributed by atoms with van der Waals surface area (Å²) in [5.74, 6) is 1.35. The molecular formula is C9H16N4O2. The van der Waals surface area contributed by atoms with Crippen LogP contribution in [0.4, 0.5) is 11.6 Å². The van der Waals surface area contributed by atoms with Crippen molar-refractivity contribution in [3.05, 3.63) is 12.4 Å². The van der Waals surface area contributed by atoms with Gasteiger partial charge in [0.25, 0.3) is 0 Å². The van der Waals surface area contributed by atoms with Gasteiger partial charge in [-0.15, -0.1) is 0 Å². The molecule has 0 aliphatic rings. The fourth-order valence-corrected chi connectivity index (χ4v) is 1.02. The molecule has 15 heavy (non-hydrogen) atoms. The van der Waals surface area contributed by atoms with E-state index in [4.69, 9.17) is 10.2 Å². The van der Waals surface area contributed by atoms with Crippen LogP contribution in [0.15, 0.2) is 12.4 Å². The van der Waals surface area contributed by atoms with Gasteiger partial charge in [0.15, 0.2) is 0 Å². The van der Waals surface area contributed by atoms with Gasteiger partial charge in [-0.05, 0) is 6.92 Å². The average Bonchev–Trinajstić information content (AvgIpc) is 2.27. The van der Waals surface area contributed by atoms with Crippen molar-refractivity contribution in [1.82, 2.24) is 9.97 Å². The van der Waals surface area contributed by atoms with E-state index in [1.807, 2.05) is 6.92 Å². The maximum absolute atomic E-state index is 9.12. The van der Waals surface area contributed by atoms with Crippen LogP contribution in [-0.2, 0) is 0 Å². The van der Waals surface area contributed by atoms with Gasteiger partial charge in [0.05, 0.1) is 12.7 Å². The Hall–Kier alpha value is -1.40. The van der Waals surface area contributed by atoms with E-state index in [1.54, 1.807) is 6.07 Å². The minimum absolute atomic E-state index is 0.263. The van der Waals surface area contributed by atoms with E-state index < -0.39 is 6.10 Å². The zero-order valence-corrected chi connectivity index (χ0v) is 8.64. The van der Waals surface area contributed by atoms with Crippen molar-refractivity contribution in [3.63, 3.8) is 0 Å². The van der Waals surface area contributed by atoms with Gasteiger partial charge in [-0.25, -0.2) is 9.97 Å². The van der Waals surface area contributed by atoms with Crippen LogP contribution in [0.2, 0.25) is 0 Å². The van der Waals surface area contributed by atoms with Gasteiger partial charge in [-0.2, -0.15) is 0 Å². The van der Waals surface area contributed by atoms with Crippen LogP contribution < -0.4 is 10.6 Å². The van der Waals surface area contributed by atoms with Crippen LogP contribution >= 0.6 is 0 Å². The molecule has 0 aliphatic carbocycles. The van der Waals surface area contributed by atoms with E-state index >= 15 is 0 Å². The van der Waals surface area contributed by atoms with Crippen LogP contribution in [-0.4, -0.2) is 46.0 Å². The van der Waals surface area contributed by atoms with Crippen molar-refractivity contribution in [2.24, 2.45) is 0 Å². The molecule has 84 valence electrons. The van der Waals surface area contributed by atoms with Gasteiger partial charge < -0.3 is 20.8 Å². The minimum atomic E-state index is -0.775. The van der Waals surface area contributed by atoms with Crippen molar-refractivity contribution < 1.29 is 10.2 Å². The van der Waals surface area contributed by atoms with E-state index in [1.165, 1.54) is 6.33 Å². The highest BCUT2D eigenvalue weighted by Gasteiger charge is 2.02. The van der Waals surface area contributed by atoms with Crippen molar-refractivity contribution >= 4 is 11.6 Å². The summed E-state index contributed by atoms with van der Waals surface area (Å²) in [5, 5.41) is 23.7. The molecule has 0 radical (unpaired) electrons. The summed E-state index contributed by atoms with van der Waals surface area (Å²) in [5.41, 5.74) is 0. The summed E-state index contributed by atoms with van der Waals surface area (Å²) in [4.78, 5) is 7.98. The maximum Gasteiger partial charge on any atom is 0.131 e. The standard InChI is InChI=1S/C9H16N4O2/c1-2-10-8-3-9(13-6-12-8)11-4-7(15)5-14/h3,6-7,14-15H,2,4-5H2,1H3,(H2,10,11,12,13). The fourth-order valence-electron chi connectivity index (χ4n) is 1.02. The predicted octanol–water partition coefficient (Wildman–Crippen LogP) is -0.327. The van der Waals surface area contributed by atoms with Crippen LogP contribution in [0.1, 0.15) is 6.92 Å². The van der Waals surface area contributed by atoms with Gasteiger partial charge >= 0.3 is 0 Å². The topological polar surface area (TPSA) is 90.3 Å². The second kappa shape index (κ2) is 6.15. The van der Waals surface area contributed by atoms with Crippen LogP contribution in [0.25, 0.3) is 0 Å². The molecule has 1 atom stereocenters. The van der Waals surface area contributed by atoms with Crippen molar-refractivity contribution in [1.29, 1.82) is 0 Å². The molecule has 0 fully saturated rings. The number of rotatable bonds is 6. The van der Waals surface area contributed by atoms with Crippen molar-refractivity contribution in [3.8, 4) is 0 Å². The highest BCUT2D eigenvalue weighted by molar-refractivity contribution is 5.46. The highest BCUT2D eigenvalue weighted by Crippen LogP contribution is 2.07. The third-order valence-corrected chi connectivity index (χ3v) is 1.75. The number of nitrogens with zero attached hydrogens (tertiary/aromatic N) is 2. The zero-order valence-electron chi connectivity index (χ0n) is 8.64. The number of nitrogens with one attached hydrogen (secondary N) is 2. The second-order valence-corrected chi connectivity index (χ2v) is 3.04. The van der Waals surface area contributed by atoms with Crippen molar-refractivity contribution in [2.75, 3.05) is 30.3 Å². The third kappa shape index (κ3) is 4.09. The van der Waals surface area contributed by atoms with Gasteiger partial charge in [0, 0.05) is 19.2 Å². The van der Waals surface area contributed by atoms with Crippen LogP contribution in [0.3, 0.4) is 0 Å². The molecule has 0 saturated heterocycles. The van der Waals surface area contributed by atoms with Crippen LogP contribution in [0, 0.1) is 0 Å². The Balaban J connectivity index is 2.50. The number of aromatic nitrogens is 2. The van der Waals surface area contributed by atoms with E-state index in [0.717, 1.165) is 12.4 Å². The zero-order chi connectivity index (χ0) is 11.1. The van der Waals surface area contributed by atoms with E-state index in [0.29, 0.717) is 5.82 Å². The molecule has 1 aromatic rings. The molecule has 1 heterocycles. The molecule has 1 aromatic heterocycles.